The maximum absolute atomic E-state index is 11.6. The highest BCUT2D eigenvalue weighted by Crippen LogP contribution is 2.26. The van der Waals surface area contributed by atoms with Crippen molar-refractivity contribution < 1.29 is 4.79 Å². The van der Waals surface area contributed by atoms with Crippen molar-refractivity contribution in [3.05, 3.63) is 63.6 Å². The molecule has 1 unspecified atom stereocenters. The van der Waals surface area contributed by atoms with Crippen LogP contribution in [0.5, 0.6) is 0 Å². The van der Waals surface area contributed by atoms with Crippen molar-refractivity contribution >= 4 is 64.7 Å². The molecule has 1 fully saturated rings. The van der Waals surface area contributed by atoms with Gasteiger partial charge in [0.1, 0.15) is 0 Å². The van der Waals surface area contributed by atoms with Crippen molar-refractivity contribution in [1.29, 1.82) is 0 Å². The van der Waals surface area contributed by atoms with Crippen molar-refractivity contribution in [3.63, 3.8) is 0 Å². The third kappa shape index (κ3) is 6.65. The molecule has 0 aliphatic carbocycles. The van der Waals surface area contributed by atoms with Gasteiger partial charge in [-0.15, -0.1) is 24.0 Å². The summed E-state index contributed by atoms with van der Waals surface area (Å²) < 4.78 is 0. The minimum Gasteiger partial charge on any atom is -0.360 e. The van der Waals surface area contributed by atoms with Crippen molar-refractivity contribution in [2.45, 2.75) is 19.5 Å². The Morgan fingerprint density at radius 3 is 2.60 bits per heavy atom. The fourth-order valence-electron chi connectivity index (χ4n) is 3.20. The van der Waals surface area contributed by atoms with E-state index in [1.165, 1.54) is 0 Å². The number of amides is 1. The van der Waals surface area contributed by atoms with E-state index in [0.717, 1.165) is 23.4 Å². The number of hydrogen-bond donors (Lipinski definition) is 3. The molecule has 2 aromatic carbocycles. The van der Waals surface area contributed by atoms with Crippen LogP contribution in [0.1, 0.15) is 24.1 Å². The van der Waals surface area contributed by atoms with Gasteiger partial charge in [-0.2, -0.15) is 0 Å². The van der Waals surface area contributed by atoms with Gasteiger partial charge in [0.15, 0.2) is 5.96 Å². The van der Waals surface area contributed by atoms with Gasteiger partial charge in [0, 0.05) is 42.4 Å². The zero-order valence-corrected chi connectivity index (χ0v) is 20.8. The van der Waals surface area contributed by atoms with E-state index >= 15 is 0 Å². The minimum atomic E-state index is -0.0291. The first-order valence-corrected chi connectivity index (χ1v) is 10.2. The number of benzene rings is 2. The highest BCUT2D eigenvalue weighted by atomic mass is 127. The Labute approximate surface area is 204 Å². The second kappa shape index (κ2) is 11.6. The molecule has 162 valence electrons. The molecule has 2 aromatic rings. The minimum absolute atomic E-state index is 0. The molecule has 0 spiro atoms. The van der Waals surface area contributed by atoms with Crippen molar-refractivity contribution in [2.24, 2.45) is 4.99 Å². The molecule has 1 atom stereocenters. The van der Waals surface area contributed by atoms with Crippen molar-refractivity contribution in [3.8, 4) is 0 Å². The highest BCUT2D eigenvalue weighted by molar-refractivity contribution is 14.0. The van der Waals surface area contributed by atoms with Gasteiger partial charge in [0.2, 0.25) is 5.91 Å². The number of nitrogens with zero attached hydrogens (tertiary/aromatic N) is 2. The number of guanidine groups is 1. The smallest absolute Gasteiger partial charge is 0.239 e. The summed E-state index contributed by atoms with van der Waals surface area (Å²) in [6.07, 6.45) is 0. The lowest BCUT2D eigenvalue weighted by Gasteiger charge is -2.28. The van der Waals surface area contributed by atoms with Gasteiger partial charge in [-0.3, -0.25) is 9.79 Å². The van der Waals surface area contributed by atoms with E-state index in [2.05, 4.69) is 38.0 Å². The molecular weight excluding hydrogens is 536 g/mol. The lowest BCUT2D eigenvalue weighted by molar-refractivity contribution is -0.120. The van der Waals surface area contributed by atoms with Crippen LogP contribution in [0.15, 0.2) is 47.5 Å². The summed E-state index contributed by atoms with van der Waals surface area (Å²) in [5.74, 6) is 0.743. The molecule has 3 N–H and O–H groups in total. The molecule has 1 amide bonds. The Morgan fingerprint density at radius 1 is 1.23 bits per heavy atom. The van der Waals surface area contributed by atoms with E-state index in [4.69, 9.17) is 23.2 Å². The quantitative estimate of drug-likeness (QED) is 0.293. The number of aliphatic imine (C=N–C) groups is 1. The first-order valence-electron chi connectivity index (χ1n) is 9.49. The fraction of sp³-hybridized carbons (Fsp3) is 0.333. The Morgan fingerprint density at radius 2 is 1.97 bits per heavy atom. The van der Waals surface area contributed by atoms with Crippen LogP contribution in [0, 0.1) is 0 Å². The van der Waals surface area contributed by atoms with E-state index in [9.17, 15) is 4.79 Å². The summed E-state index contributed by atoms with van der Waals surface area (Å²) in [5.41, 5.74) is 3.13. The maximum atomic E-state index is 11.6. The van der Waals surface area contributed by atoms with Crippen LogP contribution in [0.3, 0.4) is 0 Å². The van der Waals surface area contributed by atoms with Gasteiger partial charge in [-0.05, 0) is 42.3 Å². The number of carbonyl (C=O) groups excluding carboxylic acids is 1. The topological polar surface area (TPSA) is 68.8 Å². The number of piperazine rings is 1. The molecular formula is C21H26Cl2IN5O. The molecule has 1 aliphatic rings. The first kappa shape index (κ1) is 24.6. The van der Waals surface area contributed by atoms with E-state index in [1.807, 2.05) is 31.2 Å². The molecule has 0 aromatic heterocycles. The van der Waals surface area contributed by atoms with E-state index in [1.54, 1.807) is 13.1 Å². The SMILES string of the molecule is CN=C(NCc1ccc(N2CCNC(=O)C2)cc1)NC(C)c1ccc(Cl)cc1Cl.I. The van der Waals surface area contributed by atoms with Gasteiger partial charge >= 0.3 is 0 Å². The molecule has 3 rings (SSSR count). The molecule has 1 aliphatic heterocycles. The molecule has 30 heavy (non-hydrogen) atoms. The normalized spacial score (nSPS) is 15.1. The molecule has 9 heteroatoms. The molecule has 0 bridgehead atoms. The van der Waals surface area contributed by atoms with Crippen LogP contribution in [0.4, 0.5) is 5.69 Å². The lowest BCUT2D eigenvalue weighted by atomic mass is 10.1. The van der Waals surface area contributed by atoms with Crippen molar-refractivity contribution in [2.75, 3.05) is 31.6 Å². The number of halogens is 3. The second-order valence-electron chi connectivity index (χ2n) is 6.90. The van der Waals surface area contributed by atoms with Gasteiger partial charge in [-0.25, -0.2) is 0 Å². The largest absolute Gasteiger partial charge is 0.360 e. The molecule has 1 heterocycles. The van der Waals surface area contributed by atoms with E-state index < -0.39 is 0 Å². The molecule has 1 saturated heterocycles. The molecule has 0 radical (unpaired) electrons. The second-order valence-corrected chi connectivity index (χ2v) is 7.74. The predicted molar refractivity (Wildman–Crippen MR) is 135 cm³/mol. The van der Waals surface area contributed by atoms with Crippen LogP contribution in [-0.4, -0.2) is 38.5 Å². The summed E-state index contributed by atoms with van der Waals surface area (Å²) in [7, 11) is 1.73. The van der Waals surface area contributed by atoms with Crippen molar-refractivity contribution in [1.82, 2.24) is 16.0 Å². The average Bonchev–Trinajstić information content (AvgIpc) is 2.71. The van der Waals surface area contributed by atoms with Crippen LogP contribution < -0.4 is 20.9 Å². The Hall–Kier alpha value is -1.71. The summed E-state index contributed by atoms with van der Waals surface area (Å²) in [6, 6.07) is 13.6. The summed E-state index contributed by atoms with van der Waals surface area (Å²) in [5, 5.41) is 10.7. The fourth-order valence-corrected chi connectivity index (χ4v) is 3.77. The summed E-state index contributed by atoms with van der Waals surface area (Å²) >= 11 is 12.3. The van der Waals surface area contributed by atoms with E-state index in [-0.39, 0.29) is 35.9 Å². The first-order chi connectivity index (χ1) is 14.0. The highest BCUT2D eigenvalue weighted by Gasteiger charge is 2.16. The van der Waals surface area contributed by atoms with Gasteiger partial charge in [0.25, 0.3) is 0 Å². The zero-order valence-electron chi connectivity index (χ0n) is 16.9. The third-order valence-electron chi connectivity index (χ3n) is 4.81. The number of rotatable bonds is 5. The number of nitrogens with one attached hydrogen (secondary N) is 3. The zero-order chi connectivity index (χ0) is 20.8. The van der Waals surface area contributed by atoms with Crippen LogP contribution in [0.2, 0.25) is 10.0 Å². The number of anilines is 1. The Kier molecular flexibility index (Phi) is 9.51. The van der Waals surface area contributed by atoms with E-state index in [0.29, 0.717) is 35.6 Å². The maximum Gasteiger partial charge on any atom is 0.239 e. The molecule has 0 saturated carbocycles. The van der Waals surface area contributed by atoms with Crippen LogP contribution in [-0.2, 0) is 11.3 Å². The Bertz CT molecular complexity index is 891. The monoisotopic (exact) mass is 561 g/mol. The summed E-state index contributed by atoms with van der Waals surface area (Å²) in [6.45, 7) is 4.55. The standard InChI is InChI=1S/C21H25Cl2N5O.HI/c1-14(18-8-5-16(22)11-19(18)23)27-21(24-2)26-12-15-3-6-17(7-4-15)28-10-9-25-20(29)13-28;/h3-8,11,14H,9-10,12-13H2,1-2H3,(H,25,29)(H2,24,26,27);1H. The van der Waals surface area contributed by atoms with Crippen LogP contribution >= 0.6 is 47.2 Å². The average molecular weight is 562 g/mol. The lowest BCUT2D eigenvalue weighted by Crippen LogP contribution is -2.47. The predicted octanol–water partition coefficient (Wildman–Crippen LogP) is 3.97. The number of carbonyl (C=O) groups is 1. The van der Waals surface area contributed by atoms with Crippen LogP contribution in [0.25, 0.3) is 0 Å². The number of hydrogen-bond acceptors (Lipinski definition) is 3. The third-order valence-corrected chi connectivity index (χ3v) is 5.37. The summed E-state index contributed by atoms with van der Waals surface area (Å²) in [4.78, 5) is 17.9. The Balaban J connectivity index is 0.00000320. The van der Waals surface area contributed by atoms with Gasteiger partial charge in [0.05, 0.1) is 12.6 Å². The molecule has 6 nitrogen and oxygen atoms in total. The van der Waals surface area contributed by atoms with Gasteiger partial charge < -0.3 is 20.9 Å². The van der Waals surface area contributed by atoms with Gasteiger partial charge in [-0.1, -0.05) is 41.4 Å².